The van der Waals surface area contributed by atoms with Gasteiger partial charge in [-0.05, 0) is 24.3 Å². The van der Waals surface area contributed by atoms with E-state index in [0.29, 0.717) is 10.3 Å². The third-order valence-corrected chi connectivity index (χ3v) is 4.34. The molecule has 10 nitrogen and oxygen atoms in total. The van der Waals surface area contributed by atoms with Crippen LogP contribution in [0.1, 0.15) is 16.6 Å². The molecule has 3 N–H and O–H groups in total. The first-order valence-corrected chi connectivity index (χ1v) is 8.04. The summed E-state index contributed by atoms with van der Waals surface area (Å²) in [6, 6.07) is 6.78. The summed E-state index contributed by atoms with van der Waals surface area (Å²) in [5.41, 5.74) is -1.82. The van der Waals surface area contributed by atoms with Crippen molar-refractivity contribution in [2.75, 3.05) is 13.7 Å². The molecule has 4 atom stereocenters. The van der Waals surface area contributed by atoms with Crippen molar-refractivity contribution in [2.24, 2.45) is 0 Å². The van der Waals surface area contributed by atoms with Crippen molar-refractivity contribution in [3.05, 3.63) is 62.9 Å². The highest BCUT2D eigenvalue weighted by atomic mass is 16.6. The van der Waals surface area contributed by atoms with Crippen molar-refractivity contribution < 1.29 is 29.6 Å². The van der Waals surface area contributed by atoms with Gasteiger partial charge in [-0.1, -0.05) is 0 Å². The van der Waals surface area contributed by atoms with E-state index in [-0.39, 0.29) is 5.56 Å². The zero-order valence-electron chi connectivity index (χ0n) is 14.3. The van der Waals surface area contributed by atoms with Crippen LogP contribution < -0.4 is 16.0 Å². The van der Waals surface area contributed by atoms with Gasteiger partial charge in [0.1, 0.15) is 24.1 Å². The highest BCUT2D eigenvalue weighted by Gasteiger charge is 2.44. The minimum absolute atomic E-state index is 0.0777. The molecule has 1 aromatic carbocycles. The first-order chi connectivity index (χ1) is 12.9. The van der Waals surface area contributed by atoms with Crippen LogP contribution in [0.15, 0.2) is 46.1 Å². The molecule has 1 aromatic heterocycles. The summed E-state index contributed by atoms with van der Waals surface area (Å²) >= 11 is 0. The molecule has 27 heavy (non-hydrogen) atoms. The van der Waals surface area contributed by atoms with Gasteiger partial charge in [-0.25, -0.2) is 4.79 Å². The van der Waals surface area contributed by atoms with E-state index in [1.165, 1.54) is 31.4 Å². The Kier molecular flexibility index (Phi) is 5.24. The van der Waals surface area contributed by atoms with Gasteiger partial charge in [0.2, 0.25) is 0 Å². The first-order valence-electron chi connectivity index (χ1n) is 8.04. The first kappa shape index (κ1) is 19.0. The van der Waals surface area contributed by atoms with Crippen LogP contribution in [0.4, 0.5) is 0 Å². The normalized spacial score (nSPS) is 24.7. The number of hydrogen-bond acceptors (Lipinski definition) is 8. The average Bonchev–Trinajstić information content (AvgIpc) is 2.96. The van der Waals surface area contributed by atoms with Crippen LogP contribution in [0.25, 0.3) is 0 Å². The molecule has 0 bridgehead atoms. The Morgan fingerprint density at radius 2 is 1.81 bits per heavy atom. The van der Waals surface area contributed by atoms with Gasteiger partial charge in [-0.2, -0.15) is 4.57 Å². The Hall–Kier alpha value is -2.79. The van der Waals surface area contributed by atoms with Crippen LogP contribution in [-0.4, -0.2) is 62.4 Å². The number of aromatic nitrogens is 2. The SMILES string of the molecule is COc1ccc(C(=O)n2c(=O)ccn([C@@H]3O[C@H](CO)[C@@H](O)[C@H]3O)c2=O)cc1. The molecule has 3 rings (SSSR count). The molecule has 1 fully saturated rings. The predicted molar refractivity (Wildman–Crippen MR) is 90.7 cm³/mol. The zero-order chi connectivity index (χ0) is 19.7. The Morgan fingerprint density at radius 1 is 1.15 bits per heavy atom. The molecule has 1 saturated heterocycles. The number of ether oxygens (including phenoxy) is 2. The van der Waals surface area contributed by atoms with Crippen molar-refractivity contribution in [1.82, 2.24) is 9.13 Å². The Labute approximate surface area is 152 Å². The highest BCUT2D eigenvalue weighted by molar-refractivity contribution is 5.95. The van der Waals surface area contributed by atoms with E-state index < -0.39 is 48.3 Å². The third-order valence-electron chi connectivity index (χ3n) is 4.34. The molecule has 0 amide bonds. The standard InChI is InChI=1S/C17H18N2O8/c1-26-10-4-2-9(3-5-10)15(24)19-12(21)6-7-18(17(19)25)16-14(23)13(22)11(8-20)27-16/h2-7,11,13-14,16,20,22-23H,8H2,1H3/t11-,13-,14-,16-/m1/s1. The number of rotatable bonds is 4. The molecule has 0 radical (unpaired) electrons. The second-order valence-corrected chi connectivity index (χ2v) is 5.94. The Bertz CT molecular complexity index is 949. The molecular weight excluding hydrogens is 360 g/mol. The van der Waals surface area contributed by atoms with Crippen molar-refractivity contribution in [1.29, 1.82) is 0 Å². The quantitative estimate of drug-likeness (QED) is 0.573. The fraction of sp³-hybridized carbons (Fsp3) is 0.353. The third kappa shape index (κ3) is 3.30. The second-order valence-electron chi connectivity index (χ2n) is 5.94. The smallest absolute Gasteiger partial charge is 0.340 e. The van der Waals surface area contributed by atoms with Gasteiger partial charge in [-0.3, -0.25) is 14.2 Å². The second kappa shape index (κ2) is 7.45. The molecule has 2 aromatic rings. The molecule has 0 spiro atoms. The van der Waals surface area contributed by atoms with Crippen molar-refractivity contribution in [3.63, 3.8) is 0 Å². The summed E-state index contributed by atoms with van der Waals surface area (Å²) in [5, 5.41) is 29.1. The van der Waals surface area contributed by atoms with Crippen molar-refractivity contribution >= 4 is 5.91 Å². The van der Waals surface area contributed by atoms with E-state index in [0.717, 1.165) is 16.8 Å². The number of aliphatic hydroxyl groups excluding tert-OH is 3. The molecule has 0 unspecified atom stereocenters. The Morgan fingerprint density at radius 3 is 2.37 bits per heavy atom. The van der Waals surface area contributed by atoms with E-state index >= 15 is 0 Å². The fourth-order valence-corrected chi connectivity index (χ4v) is 2.85. The molecule has 0 aliphatic carbocycles. The number of carbonyl (C=O) groups excluding carboxylic acids is 1. The number of benzene rings is 1. The lowest BCUT2D eigenvalue weighted by Gasteiger charge is -2.18. The maximum absolute atomic E-state index is 12.7. The van der Waals surface area contributed by atoms with Gasteiger partial charge in [0.25, 0.3) is 11.5 Å². The monoisotopic (exact) mass is 378 g/mol. The summed E-state index contributed by atoms with van der Waals surface area (Å²) in [6.45, 7) is -0.576. The van der Waals surface area contributed by atoms with Gasteiger partial charge >= 0.3 is 5.69 Å². The average molecular weight is 378 g/mol. The van der Waals surface area contributed by atoms with E-state index in [1.807, 2.05) is 0 Å². The lowest BCUT2D eigenvalue weighted by Crippen LogP contribution is -2.46. The number of methoxy groups -OCH3 is 1. The van der Waals surface area contributed by atoms with Gasteiger partial charge < -0.3 is 24.8 Å². The minimum atomic E-state index is -1.53. The van der Waals surface area contributed by atoms with Crippen molar-refractivity contribution in [2.45, 2.75) is 24.5 Å². The maximum atomic E-state index is 12.7. The summed E-state index contributed by atoms with van der Waals surface area (Å²) in [4.78, 5) is 37.5. The van der Waals surface area contributed by atoms with Gasteiger partial charge in [-0.15, -0.1) is 0 Å². The summed E-state index contributed by atoms with van der Waals surface area (Å²) in [7, 11) is 1.46. The summed E-state index contributed by atoms with van der Waals surface area (Å²) < 4.78 is 11.5. The van der Waals surface area contributed by atoms with Crippen LogP contribution in [0.2, 0.25) is 0 Å². The lowest BCUT2D eigenvalue weighted by atomic mass is 10.1. The van der Waals surface area contributed by atoms with Crippen LogP contribution in [0.5, 0.6) is 5.75 Å². The van der Waals surface area contributed by atoms with Crippen LogP contribution in [0.3, 0.4) is 0 Å². The molecule has 1 aliphatic rings. The molecule has 0 saturated carbocycles. The maximum Gasteiger partial charge on any atom is 0.340 e. The number of hydrogen-bond donors (Lipinski definition) is 3. The van der Waals surface area contributed by atoms with Crippen LogP contribution in [-0.2, 0) is 4.74 Å². The van der Waals surface area contributed by atoms with E-state index in [2.05, 4.69) is 0 Å². The molecule has 144 valence electrons. The van der Waals surface area contributed by atoms with Gasteiger partial charge in [0.05, 0.1) is 13.7 Å². The largest absolute Gasteiger partial charge is 0.497 e. The minimum Gasteiger partial charge on any atom is -0.497 e. The molecule has 2 heterocycles. The zero-order valence-corrected chi connectivity index (χ0v) is 14.3. The molecule has 1 aliphatic heterocycles. The highest BCUT2D eigenvalue weighted by Crippen LogP contribution is 2.27. The van der Waals surface area contributed by atoms with E-state index in [4.69, 9.17) is 14.6 Å². The summed E-state index contributed by atoms with van der Waals surface area (Å²) in [5.74, 6) is -0.371. The van der Waals surface area contributed by atoms with Gasteiger partial charge in [0, 0.05) is 17.8 Å². The Balaban J connectivity index is 2.02. The number of aliphatic hydroxyl groups is 3. The van der Waals surface area contributed by atoms with E-state index in [1.54, 1.807) is 0 Å². The topological polar surface area (TPSA) is 140 Å². The lowest BCUT2D eigenvalue weighted by molar-refractivity contribution is -0.0554. The van der Waals surface area contributed by atoms with Crippen molar-refractivity contribution in [3.8, 4) is 5.75 Å². The molecular formula is C17H18N2O8. The number of nitrogens with zero attached hydrogens (tertiary/aromatic N) is 2. The van der Waals surface area contributed by atoms with Crippen LogP contribution >= 0.6 is 0 Å². The molecule has 10 heteroatoms. The van der Waals surface area contributed by atoms with Gasteiger partial charge in [0.15, 0.2) is 6.23 Å². The summed E-state index contributed by atoms with van der Waals surface area (Å²) in [6.07, 6.45) is -4.36. The van der Waals surface area contributed by atoms with E-state index in [9.17, 15) is 24.6 Å². The predicted octanol–water partition coefficient (Wildman–Crippen LogP) is -1.68. The number of carbonyl (C=O) groups is 1. The fourth-order valence-electron chi connectivity index (χ4n) is 2.85. The van der Waals surface area contributed by atoms with Crippen LogP contribution in [0, 0.1) is 0 Å².